The molecule has 0 fully saturated rings. The van der Waals surface area contributed by atoms with Crippen LogP contribution in [-0.4, -0.2) is 36.6 Å². The molecular weight excluding hydrogens is 502 g/mol. The first-order chi connectivity index (χ1) is 20.2. The zero-order chi connectivity index (χ0) is 30.1. The van der Waals surface area contributed by atoms with E-state index in [1.165, 1.54) is 180 Å². The number of nitrogens with zero attached hydrogens (tertiary/aromatic N) is 1. The number of unbranched alkanes of at least 4 members (excludes halogenated alkanes) is 21. The van der Waals surface area contributed by atoms with Gasteiger partial charge in [-0.15, -0.1) is 0 Å². The highest BCUT2D eigenvalue weighted by atomic mass is 16.5. The van der Waals surface area contributed by atoms with Crippen LogP contribution in [0.3, 0.4) is 0 Å². The van der Waals surface area contributed by atoms with Crippen LogP contribution in [0, 0.1) is 0 Å². The molecule has 0 N–H and O–H groups in total. The highest BCUT2D eigenvalue weighted by Crippen LogP contribution is 2.18. The van der Waals surface area contributed by atoms with E-state index in [1.807, 2.05) is 0 Å². The third-order valence-electron chi connectivity index (χ3n) is 8.82. The molecule has 3 heteroatoms. The van der Waals surface area contributed by atoms with E-state index in [9.17, 15) is 4.79 Å². The summed E-state index contributed by atoms with van der Waals surface area (Å²) in [7, 11) is 0. The van der Waals surface area contributed by atoms with E-state index < -0.39 is 0 Å². The van der Waals surface area contributed by atoms with Crippen molar-refractivity contribution in [2.24, 2.45) is 0 Å². The molecule has 0 heterocycles. The predicted molar refractivity (Wildman–Crippen MR) is 183 cm³/mol. The lowest BCUT2D eigenvalue weighted by Gasteiger charge is -2.22. The van der Waals surface area contributed by atoms with Gasteiger partial charge >= 0.3 is 5.97 Å². The predicted octanol–water partition coefficient (Wildman–Crippen LogP) is 12.6. The molecule has 0 aliphatic rings. The Morgan fingerprint density at radius 1 is 0.439 bits per heavy atom. The summed E-state index contributed by atoms with van der Waals surface area (Å²) in [5, 5.41) is 0. The number of rotatable bonds is 34. The normalized spacial score (nSPS) is 11.7. The summed E-state index contributed by atoms with van der Waals surface area (Å²) in [6.45, 7) is 13.0. The summed E-state index contributed by atoms with van der Waals surface area (Å²) < 4.78 is 6.03. The molecule has 0 spiro atoms. The minimum Gasteiger partial charge on any atom is -0.462 e. The second-order valence-electron chi connectivity index (χ2n) is 13.1. The van der Waals surface area contributed by atoms with Crippen LogP contribution in [0.15, 0.2) is 0 Å². The lowest BCUT2D eigenvalue weighted by atomic mass is 10.0. The van der Waals surface area contributed by atoms with Crippen molar-refractivity contribution >= 4 is 5.97 Å². The molecule has 0 radical (unpaired) electrons. The average molecular weight is 580 g/mol. The largest absolute Gasteiger partial charge is 0.462 e. The minimum absolute atomic E-state index is 0.0624. The average Bonchev–Trinajstić information content (AvgIpc) is 2.97. The summed E-state index contributed by atoms with van der Waals surface area (Å²) in [5.74, 6) is 0.0624. The van der Waals surface area contributed by atoms with Crippen LogP contribution in [0.1, 0.15) is 214 Å². The Balaban J connectivity index is 4.09. The third kappa shape index (κ3) is 30.7. The smallest absolute Gasteiger partial charge is 0.306 e. The van der Waals surface area contributed by atoms with Gasteiger partial charge in [0, 0.05) is 6.42 Å². The zero-order valence-corrected chi connectivity index (χ0v) is 29.0. The molecule has 0 aromatic carbocycles. The van der Waals surface area contributed by atoms with Gasteiger partial charge in [0.1, 0.15) is 6.10 Å². The van der Waals surface area contributed by atoms with E-state index in [0.717, 1.165) is 19.3 Å². The molecule has 0 atom stereocenters. The maximum absolute atomic E-state index is 12.6. The van der Waals surface area contributed by atoms with Crippen LogP contribution < -0.4 is 0 Å². The lowest BCUT2D eigenvalue weighted by Crippen LogP contribution is -2.27. The Hall–Kier alpha value is -0.570. The van der Waals surface area contributed by atoms with Gasteiger partial charge in [0.05, 0.1) is 0 Å². The van der Waals surface area contributed by atoms with Crippen LogP contribution in [0.25, 0.3) is 0 Å². The molecule has 0 unspecified atom stereocenters. The molecule has 3 nitrogen and oxygen atoms in total. The van der Waals surface area contributed by atoms with Gasteiger partial charge in [-0.1, -0.05) is 156 Å². The summed E-state index contributed by atoms with van der Waals surface area (Å²) in [4.78, 5) is 15.4. The Morgan fingerprint density at radius 2 is 0.780 bits per heavy atom. The van der Waals surface area contributed by atoms with Crippen molar-refractivity contribution in [1.82, 2.24) is 4.90 Å². The molecule has 0 aromatic rings. The minimum atomic E-state index is 0.0624. The van der Waals surface area contributed by atoms with Crippen molar-refractivity contribution in [1.29, 1.82) is 0 Å². The van der Waals surface area contributed by atoms with Crippen molar-refractivity contribution in [3.63, 3.8) is 0 Å². The zero-order valence-electron chi connectivity index (χ0n) is 29.0. The van der Waals surface area contributed by atoms with Crippen molar-refractivity contribution < 1.29 is 9.53 Å². The lowest BCUT2D eigenvalue weighted by molar-refractivity contribution is -0.150. The van der Waals surface area contributed by atoms with Gasteiger partial charge < -0.3 is 9.64 Å². The van der Waals surface area contributed by atoms with Gasteiger partial charge in [0.15, 0.2) is 0 Å². The first-order valence-corrected chi connectivity index (χ1v) is 19.1. The highest BCUT2D eigenvalue weighted by Gasteiger charge is 2.14. The van der Waals surface area contributed by atoms with Crippen LogP contribution in [0.5, 0.6) is 0 Å². The molecule has 0 aromatic heterocycles. The summed E-state index contributed by atoms with van der Waals surface area (Å²) >= 11 is 0. The van der Waals surface area contributed by atoms with E-state index >= 15 is 0 Å². The molecule has 41 heavy (non-hydrogen) atoms. The van der Waals surface area contributed by atoms with E-state index in [2.05, 4.69) is 32.6 Å². The standard InChI is InChI=1S/C38H77NO2/c1-5-9-13-16-19-24-29-35-39(34-12-8-4)36-30-25-20-23-28-33-38(40)41-37(31-26-21-17-14-10-6-2)32-27-22-18-15-11-7-3/h37H,5-36H2,1-4H3. The number of carbonyl (C=O) groups is 1. The molecule has 0 amide bonds. The maximum atomic E-state index is 12.6. The number of esters is 1. The molecule has 0 saturated heterocycles. The number of carbonyl (C=O) groups excluding carboxylic acids is 1. The number of hydrogen-bond donors (Lipinski definition) is 0. The van der Waals surface area contributed by atoms with Gasteiger partial charge in [0.2, 0.25) is 0 Å². The summed E-state index contributed by atoms with van der Waals surface area (Å²) in [6, 6.07) is 0. The first kappa shape index (κ1) is 40.4. The Morgan fingerprint density at radius 3 is 1.22 bits per heavy atom. The molecular formula is C38H77NO2. The van der Waals surface area contributed by atoms with Crippen molar-refractivity contribution in [3.8, 4) is 0 Å². The molecule has 0 saturated carbocycles. The summed E-state index contributed by atoms with van der Waals surface area (Å²) in [6.07, 6.45) is 37.1. The Kier molecular flexibility index (Phi) is 33.5. The van der Waals surface area contributed by atoms with E-state index in [-0.39, 0.29) is 12.1 Å². The fraction of sp³-hybridized carbons (Fsp3) is 0.974. The molecule has 0 rings (SSSR count). The van der Waals surface area contributed by atoms with Crippen LogP contribution in [-0.2, 0) is 9.53 Å². The van der Waals surface area contributed by atoms with Crippen molar-refractivity contribution in [2.45, 2.75) is 220 Å². The highest BCUT2D eigenvalue weighted by molar-refractivity contribution is 5.69. The third-order valence-corrected chi connectivity index (χ3v) is 8.82. The molecule has 246 valence electrons. The van der Waals surface area contributed by atoms with Gasteiger partial charge in [0.25, 0.3) is 0 Å². The molecule has 0 aliphatic heterocycles. The molecule has 0 bridgehead atoms. The van der Waals surface area contributed by atoms with Crippen LogP contribution in [0.2, 0.25) is 0 Å². The SMILES string of the molecule is CCCCCCCCCN(CCCC)CCCCCCCC(=O)OC(CCCCCCCC)CCCCCCCC. The fourth-order valence-electron chi connectivity index (χ4n) is 5.96. The summed E-state index contributed by atoms with van der Waals surface area (Å²) in [5.41, 5.74) is 0. The second kappa shape index (κ2) is 33.9. The molecule has 0 aliphatic carbocycles. The van der Waals surface area contributed by atoms with Gasteiger partial charge in [-0.25, -0.2) is 0 Å². The van der Waals surface area contributed by atoms with Crippen molar-refractivity contribution in [2.75, 3.05) is 19.6 Å². The topological polar surface area (TPSA) is 29.5 Å². The fourth-order valence-corrected chi connectivity index (χ4v) is 5.96. The van der Waals surface area contributed by atoms with Crippen LogP contribution in [0.4, 0.5) is 0 Å². The van der Waals surface area contributed by atoms with Gasteiger partial charge in [-0.2, -0.15) is 0 Å². The van der Waals surface area contributed by atoms with Gasteiger partial charge in [-0.05, 0) is 71.0 Å². The van der Waals surface area contributed by atoms with E-state index in [0.29, 0.717) is 6.42 Å². The maximum Gasteiger partial charge on any atom is 0.306 e. The van der Waals surface area contributed by atoms with Crippen molar-refractivity contribution in [3.05, 3.63) is 0 Å². The quantitative estimate of drug-likeness (QED) is 0.0561. The number of ether oxygens (including phenoxy) is 1. The van der Waals surface area contributed by atoms with E-state index in [4.69, 9.17) is 4.74 Å². The van der Waals surface area contributed by atoms with Gasteiger partial charge in [-0.3, -0.25) is 4.79 Å². The Bertz CT molecular complexity index is 493. The first-order valence-electron chi connectivity index (χ1n) is 19.1. The van der Waals surface area contributed by atoms with E-state index in [1.54, 1.807) is 0 Å². The number of hydrogen-bond acceptors (Lipinski definition) is 3. The van der Waals surface area contributed by atoms with Crippen LogP contribution >= 0.6 is 0 Å². The monoisotopic (exact) mass is 580 g/mol. The second-order valence-corrected chi connectivity index (χ2v) is 13.1. The Labute approximate surface area is 259 Å².